The number of carbonyl (C=O) groups is 1. The molecule has 0 saturated carbocycles. The maximum atomic E-state index is 11.1. The quantitative estimate of drug-likeness (QED) is 0.798. The summed E-state index contributed by atoms with van der Waals surface area (Å²) in [5.74, 6) is -0.219. The number of aromatic carboxylic acids is 1. The lowest BCUT2D eigenvalue weighted by Crippen LogP contribution is -2.01. The maximum absolute atomic E-state index is 11.1. The van der Waals surface area contributed by atoms with Crippen molar-refractivity contribution in [1.82, 2.24) is 15.0 Å². The molecule has 0 radical (unpaired) electrons. The van der Waals surface area contributed by atoms with Crippen LogP contribution < -0.4 is 4.74 Å². The lowest BCUT2D eigenvalue weighted by atomic mass is 10.1. The zero-order valence-corrected chi connectivity index (χ0v) is 11.6. The second-order valence-corrected chi connectivity index (χ2v) is 4.66. The monoisotopic (exact) mass is 283 g/mol. The largest absolute Gasteiger partial charge is 0.497 e. The van der Waals surface area contributed by atoms with Gasteiger partial charge >= 0.3 is 5.97 Å². The molecule has 3 rings (SSSR count). The Kier molecular flexibility index (Phi) is 3.06. The van der Waals surface area contributed by atoms with Crippen LogP contribution in [0.1, 0.15) is 15.9 Å². The van der Waals surface area contributed by atoms with Crippen molar-refractivity contribution < 1.29 is 14.6 Å². The summed E-state index contributed by atoms with van der Waals surface area (Å²) in [5.41, 5.74) is 3.30. The number of hydrogen-bond donors (Lipinski definition) is 1. The highest BCUT2D eigenvalue weighted by atomic mass is 16.5. The maximum Gasteiger partial charge on any atom is 0.335 e. The number of nitrogens with zero attached hydrogens (tertiary/aromatic N) is 3. The first-order chi connectivity index (χ1) is 10.1. The van der Waals surface area contributed by atoms with Crippen molar-refractivity contribution in [3.63, 3.8) is 0 Å². The van der Waals surface area contributed by atoms with Crippen molar-refractivity contribution in [3.05, 3.63) is 47.5 Å². The van der Waals surface area contributed by atoms with E-state index in [4.69, 9.17) is 9.84 Å². The number of fused-ring (bicyclic) bond motifs is 1. The molecule has 0 aliphatic rings. The van der Waals surface area contributed by atoms with Crippen molar-refractivity contribution in [2.75, 3.05) is 7.11 Å². The van der Waals surface area contributed by atoms with Crippen molar-refractivity contribution in [3.8, 4) is 11.4 Å². The molecule has 1 aromatic heterocycles. The second-order valence-electron chi connectivity index (χ2n) is 4.66. The molecular weight excluding hydrogens is 270 g/mol. The zero-order valence-electron chi connectivity index (χ0n) is 11.6. The van der Waals surface area contributed by atoms with E-state index >= 15 is 0 Å². The molecule has 3 aromatic rings. The number of benzene rings is 2. The third-order valence-corrected chi connectivity index (χ3v) is 3.32. The Labute approximate surface area is 120 Å². The van der Waals surface area contributed by atoms with Gasteiger partial charge in [-0.3, -0.25) is 0 Å². The molecule has 21 heavy (non-hydrogen) atoms. The first-order valence-corrected chi connectivity index (χ1v) is 6.34. The van der Waals surface area contributed by atoms with Gasteiger partial charge in [-0.15, -0.1) is 5.10 Å². The number of hydrogen-bond acceptors (Lipinski definition) is 4. The molecule has 6 heteroatoms. The van der Waals surface area contributed by atoms with E-state index in [0.717, 1.165) is 17.0 Å². The van der Waals surface area contributed by atoms with Crippen LogP contribution in [0.5, 0.6) is 5.75 Å². The number of aryl methyl sites for hydroxylation is 1. The topological polar surface area (TPSA) is 77.2 Å². The molecule has 0 spiro atoms. The van der Waals surface area contributed by atoms with Crippen LogP contribution in [0.2, 0.25) is 0 Å². The van der Waals surface area contributed by atoms with Gasteiger partial charge in [-0.1, -0.05) is 5.21 Å². The third-order valence-electron chi connectivity index (χ3n) is 3.32. The van der Waals surface area contributed by atoms with E-state index in [1.807, 2.05) is 25.1 Å². The number of rotatable bonds is 3. The highest BCUT2D eigenvalue weighted by Gasteiger charge is 2.12. The molecule has 0 aliphatic carbocycles. The van der Waals surface area contributed by atoms with Crippen LogP contribution in [0.3, 0.4) is 0 Å². The predicted octanol–water partition coefficient (Wildman–Crippen LogP) is 2.44. The van der Waals surface area contributed by atoms with Gasteiger partial charge in [-0.2, -0.15) is 0 Å². The van der Waals surface area contributed by atoms with Crippen LogP contribution in [0.25, 0.3) is 16.7 Å². The van der Waals surface area contributed by atoms with Crippen LogP contribution in [0, 0.1) is 6.92 Å². The molecular formula is C15H13N3O3. The number of aromatic nitrogens is 3. The summed E-state index contributed by atoms with van der Waals surface area (Å²) in [7, 11) is 1.61. The Hall–Kier alpha value is -2.89. The van der Waals surface area contributed by atoms with Crippen LogP contribution >= 0.6 is 0 Å². The van der Waals surface area contributed by atoms with Crippen LogP contribution in [0.15, 0.2) is 36.4 Å². The summed E-state index contributed by atoms with van der Waals surface area (Å²) in [6, 6.07) is 10.3. The van der Waals surface area contributed by atoms with Gasteiger partial charge in [0, 0.05) is 0 Å². The molecule has 106 valence electrons. The lowest BCUT2D eigenvalue weighted by molar-refractivity contribution is 0.0697. The molecule has 0 aliphatic heterocycles. The summed E-state index contributed by atoms with van der Waals surface area (Å²) in [6.45, 7) is 1.94. The predicted molar refractivity (Wildman–Crippen MR) is 77.1 cm³/mol. The van der Waals surface area contributed by atoms with Crippen molar-refractivity contribution in [2.45, 2.75) is 6.92 Å². The molecule has 6 nitrogen and oxygen atoms in total. The lowest BCUT2D eigenvalue weighted by Gasteiger charge is -2.08. The minimum Gasteiger partial charge on any atom is -0.497 e. The Bertz CT molecular complexity index is 839. The van der Waals surface area contributed by atoms with Crippen molar-refractivity contribution in [1.29, 1.82) is 0 Å². The molecule has 1 N–H and O–H groups in total. The van der Waals surface area contributed by atoms with Crippen LogP contribution in [0.4, 0.5) is 0 Å². The minimum atomic E-state index is -0.976. The molecule has 0 atom stereocenters. The van der Waals surface area contributed by atoms with Crippen molar-refractivity contribution >= 4 is 17.0 Å². The van der Waals surface area contributed by atoms with Gasteiger partial charge in [0.25, 0.3) is 0 Å². The number of carboxylic acid groups (broad SMARTS) is 1. The Morgan fingerprint density at radius 1 is 1.24 bits per heavy atom. The average molecular weight is 283 g/mol. The molecule has 0 saturated heterocycles. The number of carboxylic acids is 1. The fourth-order valence-corrected chi connectivity index (χ4v) is 2.22. The highest BCUT2D eigenvalue weighted by Crippen LogP contribution is 2.23. The molecule has 2 aromatic carbocycles. The summed E-state index contributed by atoms with van der Waals surface area (Å²) in [5, 5.41) is 17.3. The van der Waals surface area contributed by atoms with E-state index in [1.54, 1.807) is 23.9 Å². The molecule has 0 fully saturated rings. The normalized spacial score (nSPS) is 10.8. The summed E-state index contributed by atoms with van der Waals surface area (Å²) < 4.78 is 6.82. The molecule has 0 unspecified atom stereocenters. The Morgan fingerprint density at radius 2 is 2.05 bits per heavy atom. The van der Waals surface area contributed by atoms with E-state index in [0.29, 0.717) is 11.0 Å². The van der Waals surface area contributed by atoms with E-state index in [-0.39, 0.29) is 5.56 Å². The fraction of sp³-hybridized carbons (Fsp3) is 0.133. The summed E-state index contributed by atoms with van der Waals surface area (Å²) in [6.07, 6.45) is 0. The highest BCUT2D eigenvalue weighted by molar-refractivity contribution is 5.92. The van der Waals surface area contributed by atoms with E-state index in [9.17, 15) is 4.79 Å². The summed E-state index contributed by atoms with van der Waals surface area (Å²) >= 11 is 0. The number of methoxy groups -OCH3 is 1. The zero-order chi connectivity index (χ0) is 15.0. The van der Waals surface area contributed by atoms with Gasteiger partial charge in [0.1, 0.15) is 11.3 Å². The average Bonchev–Trinajstić information content (AvgIpc) is 2.89. The van der Waals surface area contributed by atoms with Gasteiger partial charge in [0.2, 0.25) is 0 Å². The molecule has 0 amide bonds. The van der Waals surface area contributed by atoms with E-state index in [2.05, 4.69) is 10.3 Å². The van der Waals surface area contributed by atoms with Gasteiger partial charge in [0.15, 0.2) is 0 Å². The van der Waals surface area contributed by atoms with Gasteiger partial charge < -0.3 is 9.84 Å². The van der Waals surface area contributed by atoms with Crippen molar-refractivity contribution in [2.24, 2.45) is 0 Å². The van der Waals surface area contributed by atoms with Gasteiger partial charge in [-0.05, 0) is 48.9 Å². The smallest absolute Gasteiger partial charge is 0.335 e. The van der Waals surface area contributed by atoms with Crippen LogP contribution in [-0.4, -0.2) is 33.2 Å². The Morgan fingerprint density at radius 3 is 2.71 bits per heavy atom. The fourth-order valence-electron chi connectivity index (χ4n) is 2.22. The first kappa shape index (κ1) is 13.1. The third kappa shape index (κ3) is 2.20. The second kappa shape index (κ2) is 4.90. The standard InChI is InChI=1S/C15H13N3O3/c1-9-7-11(21-2)4-6-13(9)18-14-8-10(15(19)20)3-5-12(14)16-17-18/h3-8H,1-2H3,(H,19,20). The van der Waals surface area contributed by atoms with Crippen LogP contribution in [-0.2, 0) is 0 Å². The molecule has 1 heterocycles. The first-order valence-electron chi connectivity index (χ1n) is 6.34. The minimum absolute atomic E-state index is 0.206. The van der Waals surface area contributed by atoms with Gasteiger partial charge in [0.05, 0.1) is 23.9 Å². The summed E-state index contributed by atoms with van der Waals surface area (Å²) in [4.78, 5) is 11.1. The molecule has 0 bridgehead atoms. The number of ether oxygens (including phenoxy) is 1. The van der Waals surface area contributed by atoms with E-state index in [1.165, 1.54) is 6.07 Å². The van der Waals surface area contributed by atoms with E-state index < -0.39 is 5.97 Å². The van der Waals surface area contributed by atoms with Gasteiger partial charge in [-0.25, -0.2) is 9.48 Å². The Balaban J connectivity index is 2.20. The SMILES string of the molecule is COc1ccc(-n2nnc3ccc(C(=O)O)cc32)c(C)c1.